The van der Waals surface area contributed by atoms with Crippen molar-refractivity contribution in [2.45, 2.75) is 6.10 Å². The van der Waals surface area contributed by atoms with Crippen LogP contribution >= 0.6 is 0 Å². The molecule has 1 atom stereocenters. The Bertz CT molecular complexity index is 445. The number of hydrogen-bond donors (Lipinski definition) is 1. The number of rotatable bonds is 4. The van der Waals surface area contributed by atoms with E-state index >= 15 is 0 Å². The molecule has 2 aromatic rings. The van der Waals surface area contributed by atoms with Gasteiger partial charge in [-0.3, -0.25) is 8.74 Å². The summed E-state index contributed by atoms with van der Waals surface area (Å²) in [6, 6.07) is 18.7. The van der Waals surface area contributed by atoms with E-state index in [2.05, 4.69) is 0 Å². The molecule has 0 spiro atoms. The fourth-order valence-corrected chi connectivity index (χ4v) is 2.03. The van der Waals surface area contributed by atoms with Crippen molar-refractivity contribution in [2.24, 2.45) is 0 Å². The summed E-state index contributed by atoms with van der Waals surface area (Å²) in [6.45, 7) is 0. The predicted octanol–water partition coefficient (Wildman–Crippen LogP) is 2.93. The summed E-state index contributed by atoms with van der Waals surface area (Å²) in [6.07, 6.45) is -0.525. The average Bonchev–Trinajstić information content (AvgIpc) is 2.38. The zero-order valence-corrected chi connectivity index (χ0v) is 9.84. The summed E-state index contributed by atoms with van der Waals surface area (Å²) in [7, 11) is 0. The summed E-state index contributed by atoms with van der Waals surface area (Å²) in [5, 5.41) is 0. The largest absolute Gasteiger partial charge is 0.302 e. The van der Waals surface area contributed by atoms with Crippen molar-refractivity contribution < 1.29 is 12.9 Å². The fraction of sp³-hybridized carbons (Fsp3) is 0.0769. The molecule has 4 heteroatoms. The Morgan fingerprint density at radius 2 is 1.29 bits per heavy atom. The van der Waals surface area contributed by atoms with E-state index in [1.807, 2.05) is 60.7 Å². The SMILES string of the molecule is O=S(O)OC(c1ccccc1)c1ccccc1. The Kier molecular flexibility index (Phi) is 4.03. The number of hydrogen-bond acceptors (Lipinski definition) is 2. The molecule has 17 heavy (non-hydrogen) atoms. The number of benzene rings is 2. The van der Waals surface area contributed by atoms with Gasteiger partial charge in [0.05, 0.1) is 0 Å². The van der Waals surface area contributed by atoms with Gasteiger partial charge in [0.2, 0.25) is 0 Å². The minimum atomic E-state index is -2.30. The van der Waals surface area contributed by atoms with Crippen molar-refractivity contribution in [1.29, 1.82) is 0 Å². The maximum atomic E-state index is 10.8. The van der Waals surface area contributed by atoms with Crippen LogP contribution in [0.5, 0.6) is 0 Å². The second-order valence-corrected chi connectivity index (χ2v) is 4.14. The molecule has 2 rings (SSSR count). The monoisotopic (exact) mass is 248 g/mol. The first-order chi connectivity index (χ1) is 8.27. The van der Waals surface area contributed by atoms with Gasteiger partial charge in [-0.2, -0.15) is 4.21 Å². The van der Waals surface area contributed by atoms with Crippen LogP contribution in [0.1, 0.15) is 17.2 Å². The molecule has 0 heterocycles. The standard InChI is InChI=1S/C13H12O3S/c14-17(15)16-13(11-7-3-1-4-8-11)12-9-5-2-6-10-12/h1-10,13H,(H,14,15). The van der Waals surface area contributed by atoms with Crippen LogP contribution in [0.15, 0.2) is 60.7 Å². The molecule has 0 radical (unpaired) electrons. The van der Waals surface area contributed by atoms with E-state index in [1.165, 1.54) is 0 Å². The van der Waals surface area contributed by atoms with E-state index in [4.69, 9.17) is 8.74 Å². The van der Waals surface area contributed by atoms with Gasteiger partial charge in [-0.1, -0.05) is 60.7 Å². The zero-order chi connectivity index (χ0) is 12.1. The maximum Gasteiger partial charge on any atom is 0.302 e. The van der Waals surface area contributed by atoms with Gasteiger partial charge >= 0.3 is 11.4 Å². The molecule has 2 aromatic carbocycles. The maximum absolute atomic E-state index is 10.8. The Labute approximate surface area is 103 Å². The van der Waals surface area contributed by atoms with Crippen molar-refractivity contribution in [2.75, 3.05) is 0 Å². The Morgan fingerprint density at radius 3 is 1.65 bits per heavy atom. The Hall–Kier alpha value is -1.49. The molecule has 0 aromatic heterocycles. The molecular weight excluding hydrogens is 236 g/mol. The molecule has 0 aliphatic heterocycles. The van der Waals surface area contributed by atoms with Gasteiger partial charge in [0, 0.05) is 0 Å². The topological polar surface area (TPSA) is 46.5 Å². The van der Waals surface area contributed by atoms with Crippen LogP contribution in [0.4, 0.5) is 0 Å². The van der Waals surface area contributed by atoms with E-state index in [-0.39, 0.29) is 0 Å². The molecule has 0 amide bonds. The van der Waals surface area contributed by atoms with Gasteiger partial charge in [0.25, 0.3) is 0 Å². The molecule has 0 aliphatic rings. The lowest BCUT2D eigenvalue weighted by Gasteiger charge is -2.15. The first-order valence-electron chi connectivity index (χ1n) is 5.15. The van der Waals surface area contributed by atoms with Crippen LogP contribution < -0.4 is 0 Å². The van der Waals surface area contributed by atoms with Gasteiger partial charge in [-0.05, 0) is 11.1 Å². The second-order valence-electron chi connectivity index (χ2n) is 3.51. The molecule has 0 saturated carbocycles. The van der Waals surface area contributed by atoms with Gasteiger partial charge in [-0.15, -0.1) is 0 Å². The van der Waals surface area contributed by atoms with Gasteiger partial charge in [-0.25, -0.2) is 0 Å². The minimum Gasteiger partial charge on any atom is -0.284 e. The summed E-state index contributed by atoms with van der Waals surface area (Å²) in [5.74, 6) is 0. The highest BCUT2D eigenvalue weighted by molar-refractivity contribution is 7.74. The van der Waals surface area contributed by atoms with Crippen LogP contribution in [0.3, 0.4) is 0 Å². The van der Waals surface area contributed by atoms with E-state index in [1.54, 1.807) is 0 Å². The molecule has 88 valence electrons. The van der Waals surface area contributed by atoms with Crippen LogP contribution in [0.25, 0.3) is 0 Å². The third-order valence-corrected chi connectivity index (χ3v) is 2.74. The molecule has 3 nitrogen and oxygen atoms in total. The van der Waals surface area contributed by atoms with Gasteiger partial charge in [0.1, 0.15) is 6.10 Å². The normalized spacial score (nSPS) is 12.6. The van der Waals surface area contributed by atoms with Crippen molar-refractivity contribution >= 4 is 11.4 Å². The van der Waals surface area contributed by atoms with Crippen LogP contribution in [-0.2, 0) is 15.5 Å². The smallest absolute Gasteiger partial charge is 0.284 e. The first kappa shape index (κ1) is 12.0. The highest BCUT2D eigenvalue weighted by atomic mass is 32.2. The van der Waals surface area contributed by atoms with Crippen LogP contribution in [0, 0.1) is 0 Å². The molecule has 0 bridgehead atoms. The molecule has 0 aliphatic carbocycles. The molecule has 1 N–H and O–H groups in total. The van der Waals surface area contributed by atoms with E-state index in [0.717, 1.165) is 11.1 Å². The average molecular weight is 248 g/mol. The van der Waals surface area contributed by atoms with Crippen molar-refractivity contribution in [3.05, 3.63) is 71.8 Å². The predicted molar refractivity (Wildman–Crippen MR) is 66.6 cm³/mol. The van der Waals surface area contributed by atoms with Gasteiger partial charge in [0.15, 0.2) is 0 Å². The highest BCUT2D eigenvalue weighted by Gasteiger charge is 2.16. The molecular formula is C13H12O3S. The van der Waals surface area contributed by atoms with Crippen molar-refractivity contribution in [3.63, 3.8) is 0 Å². The third kappa shape index (κ3) is 3.23. The zero-order valence-electron chi connectivity index (χ0n) is 9.02. The van der Waals surface area contributed by atoms with Crippen LogP contribution in [0.2, 0.25) is 0 Å². The van der Waals surface area contributed by atoms with E-state index < -0.39 is 17.5 Å². The highest BCUT2D eigenvalue weighted by Crippen LogP contribution is 2.26. The summed E-state index contributed by atoms with van der Waals surface area (Å²) >= 11 is -2.30. The summed E-state index contributed by atoms with van der Waals surface area (Å²) in [4.78, 5) is 0. The van der Waals surface area contributed by atoms with Crippen molar-refractivity contribution in [1.82, 2.24) is 0 Å². The quantitative estimate of drug-likeness (QED) is 0.846. The summed E-state index contributed by atoms with van der Waals surface area (Å²) in [5.41, 5.74) is 1.70. The Morgan fingerprint density at radius 1 is 0.882 bits per heavy atom. The first-order valence-corrected chi connectivity index (χ1v) is 6.18. The molecule has 0 saturated heterocycles. The molecule has 0 fully saturated rings. The minimum absolute atomic E-state index is 0.525. The second kappa shape index (κ2) is 5.72. The van der Waals surface area contributed by atoms with Crippen molar-refractivity contribution in [3.8, 4) is 0 Å². The van der Waals surface area contributed by atoms with Crippen LogP contribution in [-0.4, -0.2) is 8.76 Å². The third-order valence-electron chi connectivity index (χ3n) is 2.38. The van der Waals surface area contributed by atoms with E-state index in [0.29, 0.717) is 0 Å². The van der Waals surface area contributed by atoms with Gasteiger partial charge < -0.3 is 0 Å². The Balaban J connectivity index is 2.36. The summed E-state index contributed by atoms with van der Waals surface area (Å²) < 4.78 is 24.8. The lowest BCUT2D eigenvalue weighted by molar-refractivity contribution is 0.246. The molecule has 1 unspecified atom stereocenters. The fourth-order valence-electron chi connectivity index (χ4n) is 1.64. The lowest BCUT2D eigenvalue weighted by atomic mass is 10.0. The lowest BCUT2D eigenvalue weighted by Crippen LogP contribution is -2.07. The van der Waals surface area contributed by atoms with E-state index in [9.17, 15) is 4.21 Å².